The van der Waals surface area contributed by atoms with Crippen molar-refractivity contribution in [3.8, 4) is 0 Å². The van der Waals surface area contributed by atoms with Gasteiger partial charge in [0.15, 0.2) is 5.69 Å². The van der Waals surface area contributed by atoms with Gasteiger partial charge in [0.1, 0.15) is 13.2 Å². The van der Waals surface area contributed by atoms with Crippen LogP contribution in [0.3, 0.4) is 0 Å². The summed E-state index contributed by atoms with van der Waals surface area (Å²) in [5, 5.41) is 15.1. The van der Waals surface area contributed by atoms with E-state index in [9.17, 15) is 5.21 Å². The van der Waals surface area contributed by atoms with Crippen molar-refractivity contribution in [3.63, 3.8) is 0 Å². The second-order valence-corrected chi connectivity index (χ2v) is 5.22. The van der Waals surface area contributed by atoms with Gasteiger partial charge < -0.3 is 9.94 Å². The molecule has 3 rings (SSSR count). The summed E-state index contributed by atoms with van der Waals surface area (Å²) < 4.78 is 5.05. The Labute approximate surface area is 114 Å². The summed E-state index contributed by atoms with van der Waals surface area (Å²) in [6.45, 7) is 5.65. The molecule has 1 unspecified atom stereocenters. The van der Waals surface area contributed by atoms with Crippen molar-refractivity contribution in [2.24, 2.45) is 0 Å². The van der Waals surface area contributed by atoms with Gasteiger partial charge in [0.25, 0.3) is 0 Å². The van der Waals surface area contributed by atoms with E-state index in [2.05, 4.69) is 4.90 Å². The average Bonchev–Trinajstić information content (AvgIpc) is 2.84. The highest BCUT2D eigenvalue weighted by atomic mass is 16.6. The number of morpholine rings is 1. The smallest absolute Gasteiger partial charge is 0.152 e. The van der Waals surface area contributed by atoms with Gasteiger partial charge in [-0.05, 0) is 0 Å². The van der Waals surface area contributed by atoms with Crippen LogP contribution < -0.4 is 4.76 Å². The molecular formula is C14H21N3O2. The zero-order chi connectivity index (χ0) is 13.1. The van der Waals surface area contributed by atoms with Crippen LogP contribution in [-0.4, -0.2) is 56.0 Å². The first-order valence-corrected chi connectivity index (χ1v) is 6.99. The Hall–Kier alpha value is -0.980. The first-order chi connectivity index (χ1) is 9.29. The number of hydroxylamine groups is 1. The summed E-state index contributed by atoms with van der Waals surface area (Å²) in [7, 11) is 0. The molecule has 0 N–H and O–H groups in total. The maximum atomic E-state index is 13.1. The SMILES string of the molecule is [O-][N+]1(c2ccccc2)CCCN1CN1CCOCC1. The number of hydrogen-bond acceptors (Lipinski definition) is 4. The molecule has 1 atom stereocenters. The average molecular weight is 263 g/mol. The molecule has 5 nitrogen and oxygen atoms in total. The minimum atomic E-state index is -0.307. The Morgan fingerprint density at radius 3 is 2.58 bits per heavy atom. The van der Waals surface area contributed by atoms with Gasteiger partial charge in [-0.1, -0.05) is 18.2 Å². The van der Waals surface area contributed by atoms with Crippen molar-refractivity contribution in [2.45, 2.75) is 6.42 Å². The zero-order valence-electron chi connectivity index (χ0n) is 11.2. The fourth-order valence-electron chi connectivity index (χ4n) is 2.87. The van der Waals surface area contributed by atoms with Crippen LogP contribution in [0.15, 0.2) is 30.3 Å². The van der Waals surface area contributed by atoms with Gasteiger partial charge in [-0.3, -0.25) is 4.90 Å². The third kappa shape index (κ3) is 2.66. The van der Waals surface area contributed by atoms with Crippen molar-refractivity contribution in [3.05, 3.63) is 35.5 Å². The lowest BCUT2D eigenvalue weighted by Gasteiger charge is -2.45. The van der Waals surface area contributed by atoms with Crippen LogP contribution >= 0.6 is 0 Å². The van der Waals surface area contributed by atoms with E-state index in [1.165, 1.54) is 0 Å². The van der Waals surface area contributed by atoms with Crippen LogP contribution in [0.5, 0.6) is 0 Å². The molecule has 1 aromatic carbocycles. The van der Waals surface area contributed by atoms with Crippen LogP contribution in [0, 0.1) is 5.21 Å². The van der Waals surface area contributed by atoms with Crippen LogP contribution in [0.25, 0.3) is 0 Å². The lowest BCUT2D eigenvalue weighted by molar-refractivity contribution is -0.0287. The molecule has 0 amide bonds. The molecule has 0 aromatic heterocycles. The molecule has 2 aliphatic heterocycles. The van der Waals surface area contributed by atoms with Crippen molar-refractivity contribution in [1.29, 1.82) is 0 Å². The third-order valence-electron chi connectivity index (χ3n) is 3.96. The molecule has 0 bridgehead atoms. The van der Waals surface area contributed by atoms with Crippen molar-refractivity contribution in [1.82, 2.24) is 14.7 Å². The fourth-order valence-corrected chi connectivity index (χ4v) is 2.87. The lowest BCUT2D eigenvalue weighted by atomic mass is 10.3. The second kappa shape index (κ2) is 5.56. The fraction of sp³-hybridized carbons (Fsp3) is 0.571. The highest BCUT2D eigenvalue weighted by Gasteiger charge is 2.36. The van der Waals surface area contributed by atoms with Crippen LogP contribution in [0.1, 0.15) is 6.42 Å². The molecule has 2 fully saturated rings. The molecule has 0 saturated carbocycles. The minimum absolute atomic E-state index is 0.307. The summed E-state index contributed by atoms with van der Waals surface area (Å²) in [6.07, 6.45) is 0.961. The second-order valence-electron chi connectivity index (χ2n) is 5.22. The van der Waals surface area contributed by atoms with E-state index < -0.39 is 0 Å². The van der Waals surface area contributed by atoms with E-state index in [0.717, 1.165) is 51.6 Å². The van der Waals surface area contributed by atoms with Crippen molar-refractivity contribution in [2.75, 3.05) is 46.1 Å². The summed E-state index contributed by atoms with van der Waals surface area (Å²) in [6, 6.07) is 9.71. The van der Waals surface area contributed by atoms with E-state index in [0.29, 0.717) is 6.54 Å². The molecule has 19 heavy (non-hydrogen) atoms. The predicted octanol–water partition coefficient (Wildman–Crippen LogP) is 1.40. The molecule has 2 aliphatic rings. The van der Waals surface area contributed by atoms with Gasteiger partial charge in [-0.15, -0.1) is 5.01 Å². The summed E-state index contributed by atoms with van der Waals surface area (Å²) in [5.74, 6) is 0. The van der Waals surface area contributed by atoms with Gasteiger partial charge >= 0.3 is 0 Å². The van der Waals surface area contributed by atoms with Gasteiger partial charge in [0.05, 0.1) is 19.8 Å². The molecule has 2 heterocycles. The maximum absolute atomic E-state index is 13.1. The molecule has 104 valence electrons. The van der Waals surface area contributed by atoms with Crippen LogP contribution in [-0.2, 0) is 4.74 Å². The van der Waals surface area contributed by atoms with E-state index in [4.69, 9.17) is 4.74 Å². The Morgan fingerprint density at radius 1 is 1.11 bits per heavy atom. The van der Waals surface area contributed by atoms with Crippen molar-refractivity contribution < 1.29 is 4.74 Å². The minimum Gasteiger partial charge on any atom is -0.606 e. The molecule has 5 heteroatoms. The van der Waals surface area contributed by atoms with Gasteiger partial charge in [0.2, 0.25) is 0 Å². The predicted molar refractivity (Wildman–Crippen MR) is 75.1 cm³/mol. The Balaban J connectivity index is 1.73. The van der Waals surface area contributed by atoms with Gasteiger partial charge in [-0.2, -0.15) is 0 Å². The van der Waals surface area contributed by atoms with Crippen LogP contribution in [0.2, 0.25) is 0 Å². The molecular weight excluding hydrogens is 242 g/mol. The van der Waals surface area contributed by atoms with E-state index in [1.54, 1.807) is 0 Å². The van der Waals surface area contributed by atoms with Crippen LogP contribution in [0.4, 0.5) is 5.69 Å². The topological polar surface area (TPSA) is 38.8 Å². The number of nitrogens with zero attached hydrogens (tertiary/aromatic N) is 3. The standard InChI is InChI=1S/C14H21N3O2/c18-17(14-5-2-1-3-6-14)10-4-7-16(17)13-15-8-11-19-12-9-15/h1-3,5-6H,4,7-13H2. The number of ether oxygens (including phenoxy) is 1. The summed E-state index contributed by atoms with van der Waals surface area (Å²) in [5.41, 5.74) is 0.841. The largest absolute Gasteiger partial charge is 0.606 e. The molecule has 0 radical (unpaired) electrons. The lowest BCUT2D eigenvalue weighted by Crippen LogP contribution is -2.57. The maximum Gasteiger partial charge on any atom is 0.152 e. The normalized spacial score (nSPS) is 29.7. The van der Waals surface area contributed by atoms with E-state index in [-0.39, 0.29) is 4.76 Å². The Morgan fingerprint density at radius 2 is 1.84 bits per heavy atom. The Kier molecular flexibility index (Phi) is 3.81. The molecule has 0 aliphatic carbocycles. The number of para-hydroxylation sites is 1. The molecule has 0 spiro atoms. The summed E-state index contributed by atoms with van der Waals surface area (Å²) in [4.78, 5) is 2.31. The highest BCUT2D eigenvalue weighted by Crippen LogP contribution is 2.29. The third-order valence-corrected chi connectivity index (χ3v) is 3.96. The van der Waals surface area contributed by atoms with Crippen molar-refractivity contribution >= 4 is 5.69 Å². The summed E-state index contributed by atoms with van der Waals surface area (Å²) >= 11 is 0. The van der Waals surface area contributed by atoms with Gasteiger partial charge in [-0.25, -0.2) is 4.76 Å². The van der Waals surface area contributed by atoms with Gasteiger partial charge in [0, 0.05) is 31.6 Å². The number of quaternary nitrogens is 1. The monoisotopic (exact) mass is 263 g/mol. The number of rotatable bonds is 3. The van der Waals surface area contributed by atoms with E-state index in [1.807, 2.05) is 35.3 Å². The highest BCUT2D eigenvalue weighted by molar-refractivity contribution is 5.42. The zero-order valence-corrected chi connectivity index (χ0v) is 11.2. The first-order valence-electron chi connectivity index (χ1n) is 6.99. The first kappa shape index (κ1) is 13.0. The van der Waals surface area contributed by atoms with E-state index >= 15 is 0 Å². The quantitative estimate of drug-likeness (QED) is 0.610. The number of hydrogen-bond donors (Lipinski definition) is 0. The molecule has 1 aromatic rings. The molecule has 2 saturated heterocycles. The number of benzene rings is 1. The Bertz CT molecular complexity index is 408.